The Morgan fingerprint density at radius 2 is 2.00 bits per heavy atom. The quantitative estimate of drug-likeness (QED) is 0.669. The highest BCUT2D eigenvalue weighted by Crippen LogP contribution is 2.32. The van der Waals surface area contributed by atoms with E-state index in [4.69, 9.17) is 16.3 Å². The third-order valence-electron chi connectivity index (χ3n) is 3.20. The average molecular weight is 288 g/mol. The molecule has 0 N–H and O–H groups in total. The van der Waals surface area contributed by atoms with Crippen LogP contribution in [0.15, 0.2) is 24.4 Å². The number of aromatic nitrogens is 3. The van der Waals surface area contributed by atoms with Gasteiger partial charge >= 0.3 is 0 Å². The van der Waals surface area contributed by atoms with Crippen molar-refractivity contribution in [1.82, 2.24) is 15.0 Å². The Labute approximate surface area is 121 Å². The highest BCUT2D eigenvalue weighted by molar-refractivity contribution is 6.39. The molecule has 0 radical (unpaired) electrons. The SMILES string of the molecule is COc1nc2cc3cccnc3c(Cl)c2nc1C(C)C. The molecule has 0 spiro atoms. The zero-order chi connectivity index (χ0) is 14.3. The smallest absolute Gasteiger partial charge is 0.236 e. The van der Waals surface area contributed by atoms with Crippen LogP contribution >= 0.6 is 11.6 Å². The van der Waals surface area contributed by atoms with Crippen molar-refractivity contribution in [2.45, 2.75) is 19.8 Å². The second-order valence-corrected chi connectivity index (χ2v) is 5.28. The van der Waals surface area contributed by atoms with Crippen molar-refractivity contribution in [1.29, 1.82) is 0 Å². The summed E-state index contributed by atoms with van der Waals surface area (Å²) in [6.07, 6.45) is 1.72. The summed E-state index contributed by atoms with van der Waals surface area (Å²) >= 11 is 6.44. The van der Waals surface area contributed by atoms with Crippen molar-refractivity contribution >= 4 is 33.5 Å². The third-order valence-corrected chi connectivity index (χ3v) is 3.56. The number of ether oxygens (including phenoxy) is 1. The molecule has 0 fully saturated rings. The van der Waals surface area contributed by atoms with Crippen molar-refractivity contribution < 1.29 is 4.74 Å². The van der Waals surface area contributed by atoms with Gasteiger partial charge in [-0.1, -0.05) is 31.5 Å². The summed E-state index contributed by atoms with van der Waals surface area (Å²) in [6, 6.07) is 5.76. The lowest BCUT2D eigenvalue weighted by atomic mass is 10.1. The summed E-state index contributed by atoms with van der Waals surface area (Å²) in [5.74, 6) is 0.754. The van der Waals surface area contributed by atoms with E-state index < -0.39 is 0 Å². The summed E-state index contributed by atoms with van der Waals surface area (Å²) in [6.45, 7) is 4.09. The van der Waals surface area contributed by atoms with Gasteiger partial charge in [0.1, 0.15) is 11.2 Å². The maximum absolute atomic E-state index is 6.44. The molecule has 2 aromatic heterocycles. The highest BCUT2D eigenvalue weighted by atomic mass is 35.5. The molecule has 1 aromatic carbocycles. The van der Waals surface area contributed by atoms with E-state index in [0.717, 1.165) is 22.1 Å². The first kappa shape index (κ1) is 13.1. The summed E-state index contributed by atoms with van der Waals surface area (Å²) in [7, 11) is 1.60. The van der Waals surface area contributed by atoms with Gasteiger partial charge in [0.25, 0.3) is 0 Å². The molecule has 0 bridgehead atoms. The second kappa shape index (κ2) is 4.87. The molecule has 0 unspecified atom stereocenters. The standard InChI is InChI=1S/C15H14ClN3O/c1-8(2)12-15(20-3)18-10-7-9-5-4-6-17-13(9)11(16)14(10)19-12/h4-8H,1-3H3. The number of benzene rings is 1. The van der Waals surface area contributed by atoms with Crippen molar-refractivity contribution in [2.75, 3.05) is 7.11 Å². The maximum Gasteiger partial charge on any atom is 0.236 e. The van der Waals surface area contributed by atoms with Crippen molar-refractivity contribution in [2.24, 2.45) is 0 Å². The fourth-order valence-corrected chi connectivity index (χ4v) is 2.51. The summed E-state index contributed by atoms with van der Waals surface area (Å²) in [5, 5.41) is 1.48. The van der Waals surface area contributed by atoms with Crippen molar-refractivity contribution in [3.8, 4) is 5.88 Å². The van der Waals surface area contributed by atoms with Gasteiger partial charge in [-0.3, -0.25) is 4.98 Å². The zero-order valence-corrected chi connectivity index (χ0v) is 12.3. The molecular weight excluding hydrogens is 274 g/mol. The molecule has 0 aliphatic heterocycles. The fraction of sp³-hybridized carbons (Fsp3) is 0.267. The molecule has 0 aliphatic carbocycles. The molecule has 4 nitrogen and oxygen atoms in total. The van der Waals surface area contributed by atoms with Crippen molar-refractivity contribution in [3.63, 3.8) is 0 Å². The Morgan fingerprint density at radius 1 is 1.20 bits per heavy atom. The van der Waals surface area contributed by atoms with Gasteiger partial charge in [-0.15, -0.1) is 0 Å². The van der Waals surface area contributed by atoms with Gasteiger partial charge in [0.15, 0.2) is 0 Å². The molecule has 102 valence electrons. The zero-order valence-electron chi connectivity index (χ0n) is 11.5. The summed E-state index contributed by atoms with van der Waals surface area (Å²) in [4.78, 5) is 13.5. The minimum absolute atomic E-state index is 0.206. The largest absolute Gasteiger partial charge is 0.480 e. The lowest BCUT2D eigenvalue weighted by molar-refractivity contribution is 0.389. The molecule has 0 saturated carbocycles. The number of rotatable bonds is 2. The number of hydrogen-bond donors (Lipinski definition) is 0. The van der Waals surface area contributed by atoms with Crippen LogP contribution in [0, 0.1) is 0 Å². The van der Waals surface area contributed by atoms with Crippen LogP contribution in [0.1, 0.15) is 25.5 Å². The van der Waals surface area contributed by atoms with Gasteiger partial charge < -0.3 is 4.74 Å². The molecule has 3 aromatic rings. The Hall–Kier alpha value is -1.94. The molecule has 0 atom stereocenters. The monoisotopic (exact) mass is 287 g/mol. The van der Waals surface area contributed by atoms with E-state index in [1.165, 1.54) is 0 Å². The van der Waals surface area contributed by atoms with E-state index in [1.54, 1.807) is 13.3 Å². The Morgan fingerprint density at radius 3 is 2.70 bits per heavy atom. The minimum atomic E-state index is 0.206. The highest BCUT2D eigenvalue weighted by Gasteiger charge is 2.16. The molecular formula is C15H14ClN3O. The van der Waals surface area contributed by atoms with Gasteiger partial charge in [0.05, 0.1) is 23.2 Å². The first-order valence-electron chi connectivity index (χ1n) is 6.40. The molecule has 0 aliphatic rings. The normalized spacial score (nSPS) is 11.4. The Bertz CT molecular complexity index is 802. The van der Waals surface area contributed by atoms with E-state index in [0.29, 0.717) is 16.4 Å². The first-order valence-corrected chi connectivity index (χ1v) is 6.78. The number of hydrogen-bond acceptors (Lipinski definition) is 4. The van der Waals surface area contributed by atoms with Gasteiger partial charge in [-0.2, -0.15) is 0 Å². The molecule has 3 rings (SSSR count). The minimum Gasteiger partial charge on any atom is -0.480 e. The van der Waals surface area contributed by atoms with Gasteiger partial charge in [-0.25, -0.2) is 9.97 Å². The number of nitrogens with zero attached hydrogens (tertiary/aromatic N) is 3. The maximum atomic E-state index is 6.44. The third kappa shape index (κ3) is 1.96. The Balaban J connectivity index is 2.43. The van der Waals surface area contributed by atoms with Gasteiger partial charge in [-0.05, 0) is 12.1 Å². The number of pyridine rings is 1. The van der Waals surface area contributed by atoms with Gasteiger partial charge in [0, 0.05) is 17.5 Å². The first-order chi connectivity index (χ1) is 9.61. The van der Waals surface area contributed by atoms with Crippen LogP contribution in [-0.4, -0.2) is 22.1 Å². The van der Waals surface area contributed by atoms with E-state index in [9.17, 15) is 0 Å². The number of methoxy groups -OCH3 is 1. The fourth-order valence-electron chi connectivity index (χ4n) is 2.21. The van der Waals surface area contributed by atoms with Crippen molar-refractivity contribution in [3.05, 3.63) is 35.1 Å². The topological polar surface area (TPSA) is 47.9 Å². The molecule has 0 saturated heterocycles. The molecule has 0 amide bonds. The molecule has 20 heavy (non-hydrogen) atoms. The van der Waals surface area contributed by atoms with Crippen LogP contribution in [0.25, 0.3) is 21.9 Å². The van der Waals surface area contributed by atoms with Crippen LogP contribution in [0.2, 0.25) is 5.02 Å². The van der Waals surface area contributed by atoms with E-state index >= 15 is 0 Å². The average Bonchev–Trinajstić information content (AvgIpc) is 2.46. The number of fused-ring (bicyclic) bond motifs is 2. The lowest BCUT2D eigenvalue weighted by Crippen LogP contribution is -2.02. The predicted octanol–water partition coefficient (Wildman–Crippen LogP) is 3.96. The molecule has 5 heteroatoms. The van der Waals surface area contributed by atoms with E-state index in [1.807, 2.05) is 32.0 Å². The second-order valence-electron chi connectivity index (χ2n) is 4.91. The summed E-state index contributed by atoms with van der Waals surface area (Å²) in [5.41, 5.74) is 2.94. The van der Waals surface area contributed by atoms with Crippen LogP contribution in [-0.2, 0) is 0 Å². The van der Waals surface area contributed by atoms with E-state index in [2.05, 4.69) is 15.0 Å². The van der Waals surface area contributed by atoms with E-state index in [-0.39, 0.29) is 5.92 Å². The van der Waals surface area contributed by atoms with Crippen LogP contribution < -0.4 is 4.74 Å². The number of halogens is 1. The van der Waals surface area contributed by atoms with Gasteiger partial charge in [0.2, 0.25) is 5.88 Å². The predicted molar refractivity (Wildman–Crippen MR) is 80.5 cm³/mol. The molecule has 2 heterocycles. The van der Waals surface area contributed by atoms with Crippen LogP contribution in [0.5, 0.6) is 5.88 Å². The van der Waals surface area contributed by atoms with Crippen LogP contribution in [0.4, 0.5) is 0 Å². The van der Waals surface area contributed by atoms with Crippen LogP contribution in [0.3, 0.4) is 0 Å². The lowest BCUT2D eigenvalue weighted by Gasteiger charge is -2.12. The summed E-state index contributed by atoms with van der Waals surface area (Å²) < 4.78 is 5.33. The Kier molecular flexibility index (Phi) is 3.18.